The number of nitrogens with zero attached hydrogens (tertiary/aromatic N) is 3. The van der Waals surface area contributed by atoms with Gasteiger partial charge in [0, 0.05) is 18.3 Å². The number of benzene rings is 1. The Hall–Kier alpha value is -3.27. The van der Waals surface area contributed by atoms with E-state index in [1.807, 2.05) is 0 Å². The van der Waals surface area contributed by atoms with Crippen molar-refractivity contribution in [3.05, 3.63) is 51.4 Å². The van der Waals surface area contributed by atoms with E-state index < -0.39 is 11.1 Å². The third-order valence-corrected chi connectivity index (χ3v) is 3.09. The molecule has 1 aromatic carbocycles. The van der Waals surface area contributed by atoms with Crippen LogP contribution in [0, 0.1) is 10.1 Å². The molecule has 0 amide bonds. The summed E-state index contributed by atoms with van der Waals surface area (Å²) in [6.45, 7) is 0. The fraction of sp³-hybridized carbons (Fsp3) is 0. The smallest absolute Gasteiger partial charge is 0.449 e. The van der Waals surface area contributed by atoms with Crippen molar-refractivity contribution in [3.63, 3.8) is 0 Å². The van der Waals surface area contributed by atoms with Crippen molar-refractivity contribution in [1.82, 2.24) is 4.98 Å². The molecule has 0 spiro atoms. The van der Waals surface area contributed by atoms with Gasteiger partial charge >= 0.3 is 6.16 Å². The van der Waals surface area contributed by atoms with Crippen LogP contribution in [0.25, 0.3) is 6.08 Å². The van der Waals surface area contributed by atoms with Crippen LogP contribution in [0.15, 0.2) is 40.8 Å². The molecular weight excluding hydrogens is 324 g/mol. The van der Waals surface area contributed by atoms with E-state index >= 15 is 0 Å². The van der Waals surface area contributed by atoms with Crippen LogP contribution in [0.2, 0.25) is 0 Å². The van der Waals surface area contributed by atoms with Crippen molar-refractivity contribution in [1.29, 1.82) is 0 Å². The predicted molar refractivity (Wildman–Crippen MR) is 85.0 cm³/mol. The number of carboxylic acid groups (broad SMARTS) is 1. The van der Waals surface area contributed by atoms with Crippen LogP contribution >= 0.6 is 11.3 Å². The number of nitrogens with one attached hydrogen (secondary N) is 1. The first-order chi connectivity index (χ1) is 11.0. The van der Waals surface area contributed by atoms with E-state index in [2.05, 4.69) is 20.2 Å². The highest BCUT2D eigenvalue weighted by Gasteiger charge is 2.05. The van der Waals surface area contributed by atoms with Crippen molar-refractivity contribution < 1.29 is 19.6 Å². The van der Waals surface area contributed by atoms with Crippen molar-refractivity contribution in [3.8, 4) is 5.88 Å². The number of anilines is 1. The minimum atomic E-state index is -1.44. The zero-order valence-corrected chi connectivity index (χ0v) is 12.3. The maximum Gasteiger partial charge on any atom is 0.512 e. The molecule has 118 valence electrons. The van der Waals surface area contributed by atoms with Crippen LogP contribution in [0.1, 0.15) is 5.56 Å². The van der Waals surface area contributed by atoms with Gasteiger partial charge in [-0.2, -0.15) is 10.1 Å². The zero-order chi connectivity index (χ0) is 16.7. The summed E-state index contributed by atoms with van der Waals surface area (Å²) < 4.78 is 4.37. The molecule has 0 bridgehead atoms. The monoisotopic (exact) mass is 334 g/mol. The predicted octanol–water partition coefficient (Wildman–Crippen LogP) is 3.22. The molecule has 0 fully saturated rings. The Morgan fingerprint density at radius 2 is 2.35 bits per heavy atom. The fourth-order valence-electron chi connectivity index (χ4n) is 1.48. The Morgan fingerprint density at radius 3 is 3.09 bits per heavy atom. The van der Waals surface area contributed by atoms with Crippen molar-refractivity contribution in [2.75, 3.05) is 5.43 Å². The lowest BCUT2D eigenvalue weighted by Gasteiger charge is -1.93. The number of aromatic nitrogens is 1. The molecular formula is C13H10N4O5S. The molecule has 0 aliphatic rings. The first-order valence-corrected chi connectivity index (χ1v) is 6.99. The number of carbonyl (C=O) groups is 1. The molecule has 9 nitrogen and oxygen atoms in total. The molecule has 2 N–H and O–H groups in total. The number of nitro benzene ring substituents is 1. The highest BCUT2D eigenvalue weighted by molar-refractivity contribution is 7.13. The lowest BCUT2D eigenvalue weighted by molar-refractivity contribution is -0.384. The second-order valence-corrected chi connectivity index (χ2v) is 4.82. The summed E-state index contributed by atoms with van der Waals surface area (Å²) in [5.41, 5.74) is 3.27. The van der Waals surface area contributed by atoms with Crippen LogP contribution in [-0.4, -0.2) is 27.4 Å². The number of hydrogen-bond acceptors (Lipinski definition) is 8. The quantitative estimate of drug-likeness (QED) is 0.359. The maximum absolute atomic E-state index is 10.6. The topological polar surface area (TPSA) is 127 Å². The van der Waals surface area contributed by atoms with Crippen LogP contribution < -0.4 is 10.2 Å². The van der Waals surface area contributed by atoms with E-state index in [-0.39, 0.29) is 11.6 Å². The van der Waals surface area contributed by atoms with Gasteiger partial charge in [0.05, 0.1) is 10.3 Å². The molecule has 2 rings (SSSR count). The van der Waals surface area contributed by atoms with Crippen molar-refractivity contribution >= 4 is 40.6 Å². The summed E-state index contributed by atoms with van der Waals surface area (Å²) in [6, 6.07) is 6.16. The van der Waals surface area contributed by atoms with Gasteiger partial charge in [0.25, 0.3) is 5.69 Å². The Morgan fingerprint density at radius 1 is 1.52 bits per heavy atom. The number of thiazole rings is 1. The van der Waals surface area contributed by atoms with Crippen LogP contribution in [0.3, 0.4) is 0 Å². The van der Waals surface area contributed by atoms with Gasteiger partial charge in [-0.05, 0) is 11.6 Å². The van der Waals surface area contributed by atoms with Gasteiger partial charge in [0.1, 0.15) is 0 Å². The first kappa shape index (κ1) is 16.1. The van der Waals surface area contributed by atoms with Crippen LogP contribution in [0.5, 0.6) is 5.88 Å². The number of non-ortho nitro benzene ring substituents is 1. The summed E-state index contributed by atoms with van der Waals surface area (Å²) in [4.78, 5) is 24.3. The average molecular weight is 334 g/mol. The molecule has 0 aliphatic carbocycles. The highest BCUT2D eigenvalue weighted by atomic mass is 32.1. The summed E-state index contributed by atoms with van der Waals surface area (Å²) >= 11 is 1.13. The normalized spacial score (nSPS) is 11.0. The zero-order valence-electron chi connectivity index (χ0n) is 11.4. The SMILES string of the molecule is O=C(O)Oc1csc(NN=CC=Cc2cccc([N+](=O)[O-])c2)n1. The third kappa shape index (κ3) is 5.21. The van der Waals surface area contributed by atoms with Crippen molar-refractivity contribution in [2.24, 2.45) is 5.10 Å². The Kier molecular flexibility index (Phi) is 5.36. The number of hydrogen-bond donors (Lipinski definition) is 2. The summed E-state index contributed by atoms with van der Waals surface area (Å²) in [5, 5.41) is 24.7. The second kappa shape index (κ2) is 7.66. The maximum atomic E-state index is 10.6. The molecule has 2 aromatic rings. The van der Waals surface area contributed by atoms with E-state index in [0.717, 1.165) is 11.3 Å². The molecule has 0 saturated carbocycles. The Bertz CT molecular complexity index is 771. The van der Waals surface area contributed by atoms with Gasteiger partial charge in [-0.15, -0.1) is 0 Å². The lowest BCUT2D eigenvalue weighted by atomic mass is 10.2. The Balaban J connectivity index is 1.89. The molecule has 1 heterocycles. The summed E-state index contributed by atoms with van der Waals surface area (Å²) in [7, 11) is 0. The van der Waals surface area contributed by atoms with Gasteiger partial charge in [0.15, 0.2) is 0 Å². The van der Waals surface area contributed by atoms with E-state index in [1.54, 1.807) is 24.3 Å². The number of rotatable bonds is 6. The number of ether oxygens (including phenoxy) is 1. The van der Waals surface area contributed by atoms with E-state index in [9.17, 15) is 14.9 Å². The second-order valence-electron chi connectivity index (χ2n) is 3.96. The molecule has 10 heteroatoms. The van der Waals surface area contributed by atoms with Gasteiger partial charge in [-0.25, -0.2) is 4.79 Å². The standard InChI is InChI=1S/C13H10N4O5S/c18-13(19)22-11-8-23-12(15-11)16-14-6-2-4-9-3-1-5-10(7-9)17(20)21/h1-8H,(H,15,16)(H,18,19). The highest BCUT2D eigenvalue weighted by Crippen LogP contribution is 2.20. The largest absolute Gasteiger partial charge is 0.512 e. The Labute approximate surface area is 133 Å². The van der Waals surface area contributed by atoms with Gasteiger partial charge < -0.3 is 9.84 Å². The minimum absolute atomic E-state index is 0.0101. The lowest BCUT2D eigenvalue weighted by Crippen LogP contribution is -2.03. The molecule has 0 radical (unpaired) electrons. The average Bonchev–Trinajstić information content (AvgIpc) is 2.94. The van der Waals surface area contributed by atoms with E-state index in [0.29, 0.717) is 10.7 Å². The summed E-state index contributed by atoms with van der Waals surface area (Å²) in [6.07, 6.45) is 3.23. The molecule has 0 aliphatic heterocycles. The van der Waals surface area contributed by atoms with Crippen LogP contribution in [0.4, 0.5) is 15.6 Å². The molecule has 1 aromatic heterocycles. The van der Waals surface area contributed by atoms with Crippen molar-refractivity contribution in [2.45, 2.75) is 0 Å². The third-order valence-electron chi connectivity index (χ3n) is 2.37. The van der Waals surface area contributed by atoms with Gasteiger partial charge in [0.2, 0.25) is 11.0 Å². The van der Waals surface area contributed by atoms with E-state index in [1.165, 1.54) is 23.7 Å². The molecule has 0 atom stereocenters. The molecule has 23 heavy (non-hydrogen) atoms. The molecule has 0 unspecified atom stereocenters. The van der Waals surface area contributed by atoms with Gasteiger partial charge in [-0.3, -0.25) is 15.5 Å². The van der Waals surface area contributed by atoms with Crippen LogP contribution in [-0.2, 0) is 0 Å². The summed E-state index contributed by atoms with van der Waals surface area (Å²) in [5.74, 6) is -0.0349. The fourth-order valence-corrected chi connectivity index (χ4v) is 2.04. The number of hydrazone groups is 1. The van der Waals surface area contributed by atoms with Gasteiger partial charge in [-0.1, -0.05) is 29.5 Å². The number of allylic oxidation sites excluding steroid dienone is 1. The first-order valence-electron chi connectivity index (χ1n) is 6.11. The number of nitro groups is 1. The molecule has 0 saturated heterocycles. The van der Waals surface area contributed by atoms with E-state index in [4.69, 9.17) is 5.11 Å². The minimum Gasteiger partial charge on any atom is -0.449 e.